The fourth-order valence-electron chi connectivity index (χ4n) is 4.22. The molecule has 1 amide bonds. The van der Waals surface area contributed by atoms with Gasteiger partial charge in [0.15, 0.2) is 5.43 Å². The van der Waals surface area contributed by atoms with Crippen LogP contribution in [0.1, 0.15) is 35.8 Å². The predicted molar refractivity (Wildman–Crippen MR) is 128 cm³/mol. The first-order chi connectivity index (χ1) is 15.8. The zero-order chi connectivity index (χ0) is 23.2. The average molecular weight is 442 g/mol. The Morgan fingerprint density at radius 2 is 1.76 bits per heavy atom. The highest BCUT2D eigenvalue weighted by Gasteiger charge is 2.33. The van der Waals surface area contributed by atoms with E-state index in [4.69, 9.17) is 0 Å². The topological polar surface area (TPSA) is 86.3 Å². The Kier molecular flexibility index (Phi) is 4.96. The van der Waals surface area contributed by atoms with Crippen molar-refractivity contribution in [3.8, 4) is 0 Å². The lowest BCUT2D eigenvalue weighted by Gasteiger charge is -2.28. The number of rotatable bonds is 4. The van der Waals surface area contributed by atoms with Crippen LogP contribution < -0.4 is 16.1 Å². The molecule has 1 aliphatic heterocycles. The second-order valence-electron chi connectivity index (χ2n) is 8.75. The second kappa shape index (κ2) is 7.85. The van der Waals surface area contributed by atoms with Gasteiger partial charge in [-0.25, -0.2) is 4.39 Å². The number of aromatic nitrogens is 1. The summed E-state index contributed by atoms with van der Waals surface area (Å²) in [6, 6.07) is 19.5. The van der Waals surface area contributed by atoms with Crippen molar-refractivity contribution in [2.75, 3.05) is 6.54 Å². The molecule has 0 saturated carbocycles. The number of hydrogen-bond donors (Lipinski definition) is 3. The molecular formula is C26H23FN4O2. The van der Waals surface area contributed by atoms with Crippen molar-refractivity contribution in [1.29, 1.82) is 0 Å². The molecule has 0 saturated heterocycles. The van der Waals surface area contributed by atoms with Gasteiger partial charge in [0.2, 0.25) is 0 Å². The molecule has 0 fully saturated rings. The van der Waals surface area contributed by atoms with Crippen LogP contribution in [0, 0.1) is 5.82 Å². The zero-order valence-electron chi connectivity index (χ0n) is 18.3. The van der Waals surface area contributed by atoms with Gasteiger partial charge in [0.25, 0.3) is 5.91 Å². The largest absolute Gasteiger partial charge is 0.363 e. The van der Waals surface area contributed by atoms with Gasteiger partial charge in [-0.05, 0) is 43.7 Å². The molecule has 1 aromatic heterocycles. The molecule has 166 valence electrons. The third kappa shape index (κ3) is 3.75. The highest BCUT2D eigenvalue weighted by molar-refractivity contribution is 6.03. The van der Waals surface area contributed by atoms with E-state index in [-0.39, 0.29) is 22.4 Å². The van der Waals surface area contributed by atoms with Crippen LogP contribution in [0.15, 0.2) is 76.5 Å². The fourth-order valence-corrected chi connectivity index (χ4v) is 4.22. The van der Waals surface area contributed by atoms with Crippen molar-refractivity contribution in [2.24, 2.45) is 4.99 Å². The van der Waals surface area contributed by atoms with Gasteiger partial charge in [-0.2, -0.15) is 0 Å². The Labute approximate surface area is 189 Å². The highest BCUT2D eigenvalue weighted by Crippen LogP contribution is 2.22. The molecule has 3 aromatic carbocycles. The summed E-state index contributed by atoms with van der Waals surface area (Å²) < 4.78 is 14.9. The molecule has 0 radical (unpaired) electrons. The zero-order valence-corrected chi connectivity index (χ0v) is 18.3. The first-order valence-electron chi connectivity index (χ1n) is 10.8. The number of para-hydroxylation sites is 1. The number of hydrogen-bond acceptors (Lipinski definition) is 4. The number of benzene rings is 3. The van der Waals surface area contributed by atoms with Crippen molar-refractivity contribution >= 4 is 33.5 Å². The molecule has 1 unspecified atom stereocenters. The standard InChI is InChI=1S/C26H23FN4O2/c1-26(2,25-28-14-22(30-25)15-8-4-3-5-9-15)31-24(33)17-13-21-18(12-19(17)27)23(32)16-10-6-7-11-20(16)29-21/h3-13,22H,14H2,1-2H3,(H,28,30)(H,29,32)(H,31,33). The number of amides is 1. The summed E-state index contributed by atoms with van der Waals surface area (Å²) in [5.74, 6) is -0.702. The van der Waals surface area contributed by atoms with E-state index in [9.17, 15) is 14.0 Å². The summed E-state index contributed by atoms with van der Waals surface area (Å²) in [6.07, 6.45) is 0. The minimum absolute atomic E-state index is 0.0214. The van der Waals surface area contributed by atoms with Gasteiger partial charge in [-0.3, -0.25) is 14.6 Å². The third-order valence-electron chi connectivity index (χ3n) is 6.00. The predicted octanol–water partition coefficient (Wildman–Crippen LogP) is 4.07. The summed E-state index contributed by atoms with van der Waals surface area (Å²) in [6.45, 7) is 4.19. The van der Waals surface area contributed by atoms with Gasteiger partial charge in [-0.1, -0.05) is 42.5 Å². The molecule has 0 aliphatic carbocycles. The van der Waals surface area contributed by atoms with Crippen LogP contribution >= 0.6 is 0 Å². The van der Waals surface area contributed by atoms with Crippen molar-refractivity contribution in [3.63, 3.8) is 0 Å². The van der Waals surface area contributed by atoms with Gasteiger partial charge in [0.1, 0.15) is 11.7 Å². The van der Waals surface area contributed by atoms with Gasteiger partial charge in [0, 0.05) is 16.3 Å². The Morgan fingerprint density at radius 1 is 1.03 bits per heavy atom. The van der Waals surface area contributed by atoms with Crippen LogP contribution in [0.5, 0.6) is 0 Å². The first-order valence-corrected chi connectivity index (χ1v) is 10.8. The van der Waals surface area contributed by atoms with Crippen molar-refractivity contribution in [2.45, 2.75) is 25.4 Å². The molecule has 2 heterocycles. The van der Waals surface area contributed by atoms with Gasteiger partial charge >= 0.3 is 0 Å². The van der Waals surface area contributed by atoms with Gasteiger partial charge < -0.3 is 15.6 Å². The molecule has 7 heteroatoms. The van der Waals surface area contributed by atoms with Crippen LogP contribution in [0.3, 0.4) is 0 Å². The van der Waals surface area contributed by atoms with Crippen LogP contribution in [0.4, 0.5) is 4.39 Å². The van der Waals surface area contributed by atoms with Crippen molar-refractivity contribution in [1.82, 2.24) is 15.6 Å². The number of aromatic amines is 1. The molecule has 3 N–H and O–H groups in total. The second-order valence-corrected chi connectivity index (χ2v) is 8.75. The van der Waals surface area contributed by atoms with E-state index in [1.165, 1.54) is 6.07 Å². The van der Waals surface area contributed by atoms with E-state index in [1.807, 2.05) is 50.2 Å². The minimum Gasteiger partial charge on any atom is -0.363 e. The van der Waals surface area contributed by atoms with E-state index >= 15 is 0 Å². The molecule has 6 nitrogen and oxygen atoms in total. The fraction of sp³-hybridized carbons (Fsp3) is 0.192. The number of nitrogens with zero attached hydrogens (tertiary/aromatic N) is 1. The number of fused-ring (bicyclic) bond motifs is 2. The van der Waals surface area contributed by atoms with Crippen LogP contribution in [-0.4, -0.2) is 28.8 Å². The molecule has 1 aliphatic rings. The lowest BCUT2D eigenvalue weighted by molar-refractivity contribution is 0.0927. The Balaban J connectivity index is 1.42. The highest BCUT2D eigenvalue weighted by atomic mass is 19.1. The third-order valence-corrected chi connectivity index (χ3v) is 6.00. The molecule has 4 aromatic rings. The van der Waals surface area contributed by atoms with Gasteiger partial charge in [0.05, 0.1) is 29.2 Å². The Bertz CT molecular complexity index is 1470. The number of aliphatic imine (C=N–C) groups is 1. The van der Waals surface area contributed by atoms with Crippen LogP contribution in [0.2, 0.25) is 0 Å². The molecule has 33 heavy (non-hydrogen) atoms. The maximum atomic E-state index is 14.9. The maximum absolute atomic E-state index is 14.9. The summed E-state index contributed by atoms with van der Waals surface area (Å²) in [7, 11) is 0. The molecule has 1 atom stereocenters. The Hall–Kier alpha value is -4.00. The van der Waals surface area contributed by atoms with Gasteiger partial charge in [-0.15, -0.1) is 0 Å². The monoisotopic (exact) mass is 442 g/mol. The summed E-state index contributed by atoms with van der Waals surface area (Å²) >= 11 is 0. The normalized spacial score (nSPS) is 16.0. The number of halogens is 1. The SMILES string of the molecule is CC(C)(NC(=O)c1cc2[nH]c3ccccc3c(=O)c2cc1F)C1=NCC(c2ccccc2)N1. The Morgan fingerprint density at radius 3 is 2.55 bits per heavy atom. The minimum atomic E-state index is -0.848. The van der Waals surface area contributed by atoms with E-state index in [0.717, 1.165) is 11.6 Å². The molecule has 5 rings (SSSR count). The van der Waals surface area contributed by atoms with Crippen molar-refractivity contribution in [3.05, 3.63) is 93.9 Å². The lowest BCUT2D eigenvalue weighted by atomic mass is 10.0. The number of amidine groups is 1. The quantitative estimate of drug-likeness (QED) is 0.417. The summed E-state index contributed by atoms with van der Waals surface area (Å²) in [5.41, 5.74) is 0.879. The number of pyridine rings is 1. The van der Waals surface area contributed by atoms with Crippen molar-refractivity contribution < 1.29 is 9.18 Å². The smallest absolute Gasteiger partial charge is 0.255 e. The molecular weight excluding hydrogens is 419 g/mol. The summed E-state index contributed by atoms with van der Waals surface area (Å²) in [5, 5.41) is 6.93. The maximum Gasteiger partial charge on any atom is 0.255 e. The van der Waals surface area contributed by atoms with E-state index in [0.29, 0.717) is 28.8 Å². The number of carbonyl (C=O) groups is 1. The van der Waals surface area contributed by atoms with Crippen LogP contribution in [-0.2, 0) is 0 Å². The van der Waals surface area contributed by atoms with Crippen LogP contribution in [0.25, 0.3) is 21.8 Å². The lowest BCUT2D eigenvalue weighted by Crippen LogP contribution is -2.53. The number of carbonyl (C=O) groups excluding carboxylic acids is 1. The molecule has 0 spiro atoms. The van der Waals surface area contributed by atoms with E-state index < -0.39 is 17.3 Å². The number of nitrogens with one attached hydrogen (secondary N) is 3. The van der Waals surface area contributed by atoms with E-state index in [2.05, 4.69) is 20.6 Å². The summed E-state index contributed by atoms with van der Waals surface area (Å²) in [4.78, 5) is 33.5. The average Bonchev–Trinajstić information content (AvgIpc) is 3.31. The van der Waals surface area contributed by atoms with E-state index in [1.54, 1.807) is 18.2 Å². The molecule has 0 bridgehead atoms. The number of H-pyrrole nitrogens is 1. The first kappa shape index (κ1) is 20.9.